The van der Waals surface area contributed by atoms with Gasteiger partial charge in [0.15, 0.2) is 11.5 Å². The van der Waals surface area contributed by atoms with Crippen molar-refractivity contribution >= 4 is 34.5 Å². The molecule has 0 aliphatic carbocycles. The number of hydrogen-bond donors (Lipinski definition) is 3. The van der Waals surface area contributed by atoms with Gasteiger partial charge < -0.3 is 34.9 Å². The normalized spacial score (nSPS) is 18.8. The molecular weight excluding hydrogens is 677 g/mol. The number of aromatic nitrogens is 1. The van der Waals surface area contributed by atoms with Crippen LogP contribution >= 0.6 is 0 Å². The van der Waals surface area contributed by atoms with Gasteiger partial charge in [0.1, 0.15) is 11.9 Å². The molecule has 6 rings (SSSR count). The van der Waals surface area contributed by atoms with E-state index in [1.807, 2.05) is 44.2 Å². The van der Waals surface area contributed by atoms with Crippen molar-refractivity contribution in [1.29, 1.82) is 0 Å². The lowest BCUT2D eigenvalue weighted by atomic mass is 9.79. The van der Waals surface area contributed by atoms with E-state index in [1.165, 1.54) is 19.2 Å². The maximum absolute atomic E-state index is 14.2. The SMILES string of the molecule is CNC(=O)[C@H](CCCc1ccccc1)NC(=O)C1CN(C(=O)Cc2c[nH]c3ccc(F)cc23)CC2CN(C(=O)c3ccc(OC(C)C)c(OC)c3)CC21. The number of aromatic amines is 1. The summed E-state index contributed by atoms with van der Waals surface area (Å²) in [6.45, 7) is 4.97. The fourth-order valence-corrected chi connectivity index (χ4v) is 7.71. The predicted octanol–water partition coefficient (Wildman–Crippen LogP) is 4.75. The molecule has 2 aliphatic rings. The number of rotatable bonds is 13. The summed E-state index contributed by atoms with van der Waals surface area (Å²) in [4.78, 5) is 61.7. The third-order valence-electron chi connectivity index (χ3n) is 10.4. The highest BCUT2D eigenvalue weighted by atomic mass is 19.1. The van der Waals surface area contributed by atoms with E-state index < -0.39 is 17.8 Å². The minimum atomic E-state index is -0.764. The zero-order chi connectivity index (χ0) is 37.6. The Kier molecular flexibility index (Phi) is 11.6. The first-order chi connectivity index (χ1) is 25.5. The van der Waals surface area contributed by atoms with E-state index >= 15 is 0 Å². The van der Waals surface area contributed by atoms with Crippen LogP contribution in [0.15, 0.2) is 72.9 Å². The monoisotopic (exact) mass is 725 g/mol. The number of nitrogens with one attached hydrogen (secondary N) is 3. The van der Waals surface area contributed by atoms with Crippen LogP contribution in [0.1, 0.15) is 48.2 Å². The van der Waals surface area contributed by atoms with Crippen molar-refractivity contribution in [2.75, 3.05) is 40.3 Å². The Bertz CT molecular complexity index is 1950. The highest BCUT2D eigenvalue weighted by Gasteiger charge is 2.48. The summed E-state index contributed by atoms with van der Waals surface area (Å²) in [6.07, 6.45) is 3.52. The van der Waals surface area contributed by atoms with Crippen molar-refractivity contribution in [3.05, 3.63) is 95.4 Å². The molecule has 11 nitrogen and oxygen atoms in total. The summed E-state index contributed by atoms with van der Waals surface area (Å²) in [5, 5.41) is 6.33. The molecule has 0 spiro atoms. The lowest BCUT2D eigenvalue weighted by Crippen LogP contribution is -2.56. The molecule has 280 valence electrons. The van der Waals surface area contributed by atoms with Gasteiger partial charge >= 0.3 is 0 Å². The second kappa shape index (κ2) is 16.5. The van der Waals surface area contributed by atoms with Gasteiger partial charge in [-0.05, 0) is 92.5 Å². The molecule has 3 unspecified atom stereocenters. The number of carbonyl (C=O) groups is 4. The topological polar surface area (TPSA) is 133 Å². The first-order valence-electron chi connectivity index (χ1n) is 18.3. The summed E-state index contributed by atoms with van der Waals surface area (Å²) in [5.74, 6) is -1.55. The number of nitrogens with zero attached hydrogens (tertiary/aromatic N) is 2. The third kappa shape index (κ3) is 8.64. The molecule has 53 heavy (non-hydrogen) atoms. The Hall–Kier alpha value is -5.39. The standard InChI is InChI=1S/C41H48FN5O6/c1-25(2)53-36-16-13-27(17-37(36)52-4)41(51)47-22-29-21-46(38(48)18-28-20-44-34-15-14-30(42)19-31(28)34)24-33(32(29)23-47)39(49)45-35(40(50)43-3)12-8-11-26-9-6-5-7-10-26/h5-7,9-10,13-17,19-20,25,29,32-33,35,44H,8,11-12,18,21-24H2,1-4H3,(H,43,50)(H,45,49)/t29?,32?,33?,35-/m0/s1. The average Bonchev–Trinajstić information content (AvgIpc) is 3.77. The Morgan fingerprint density at radius 1 is 0.943 bits per heavy atom. The van der Waals surface area contributed by atoms with Crippen LogP contribution in [0.5, 0.6) is 11.5 Å². The predicted molar refractivity (Wildman–Crippen MR) is 199 cm³/mol. The van der Waals surface area contributed by atoms with Crippen LogP contribution in [0, 0.1) is 23.6 Å². The van der Waals surface area contributed by atoms with Gasteiger partial charge in [-0.3, -0.25) is 19.2 Å². The highest BCUT2D eigenvalue weighted by Crippen LogP contribution is 2.38. The molecule has 0 radical (unpaired) electrons. The lowest BCUT2D eigenvalue weighted by molar-refractivity contribution is -0.140. The van der Waals surface area contributed by atoms with Gasteiger partial charge in [-0.2, -0.15) is 0 Å². The number of fused-ring (bicyclic) bond motifs is 2. The largest absolute Gasteiger partial charge is 0.493 e. The van der Waals surface area contributed by atoms with Gasteiger partial charge in [-0.25, -0.2) is 4.39 Å². The van der Waals surface area contributed by atoms with E-state index in [2.05, 4.69) is 15.6 Å². The molecule has 0 saturated carbocycles. The maximum Gasteiger partial charge on any atom is 0.254 e. The van der Waals surface area contributed by atoms with E-state index in [1.54, 1.807) is 47.3 Å². The van der Waals surface area contributed by atoms with Gasteiger partial charge in [0.2, 0.25) is 17.7 Å². The maximum atomic E-state index is 14.2. The van der Waals surface area contributed by atoms with Crippen LogP contribution < -0.4 is 20.1 Å². The van der Waals surface area contributed by atoms with E-state index in [0.717, 1.165) is 17.5 Å². The zero-order valence-electron chi connectivity index (χ0n) is 30.7. The van der Waals surface area contributed by atoms with Crippen LogP contribution in [0.25, 0.3) is 10.9 Å². The molecule has 3 heterocycles. The Balaban J connectivity index is 1.22. The van der Waals surface area contributed by atoms with Crippen LogP contribution in [0.2, 0.25) is 0 Å². The van der Waals surface area contributed by atoms with Crippen LogP contribution in [0.4, 0.5) is 4.39 Å². The Morgan fingerprint density at radius 3 is 2.45 bits per heavy atom. The van der Waals surface area contributed by atoms with Gasteiger partial charge in [0, 0.05) is 55.9 Å². The molecule has 4 atom stereocenters. The minimum absolute atomic E-state index is 0.0166. The quantitative estimate of drug-likeness (QED) is 0.182. The third-order valence-corrected chi connectivity index (χ3v) is 10.4. The summed E-state index contributed by atoms with van der Waals surface area (Å²) in [7, 11) is 3.07. The number of ether oxygens (including phenoxy) is 2. The molecular formula is C41H48FN5O6. The van der Waals surface area contributed by atoms with Gasteiger partial charge in [0.25, 0.3) is 5.91 Å². The Labute approximate surface area is 309 Å². The first kappa shape index (κ1) is 37.4. The molecule has 3 aromatic carbocycles. The van der Waals surface area contributed by atoms with Crippen molar-refractivity contribution in [3.8, 4) is 11.5 Å². The number of aryl methyl sites for hydroxylation is 1. The van der Waals surface area contributed by atoms with Crippen molar-refractivity contribution in [2.24, 2.45) is 17.8 Å². The van der Waals surface area contributed by atoms with Crippen molar-refractivity contribution in [3.63, 3.8) is 0 Å². The molecule has 2 aliphatic heterocycles. The fourth-order valence-electron chi connectivity index (χ4n) is 7.71. The molecule has 1 aromatic heterocycles. The molecule has 12 heteroatoms. The molecule has 2 fully saturated rings. The van der Waals surface area contributed by atoms with Crippen LogP contribution in [-0.2, 0) is 27.2 Å². The van der Waals surface area contributed by atoms with Crippen LogP contribution in [-0.4, -0.2) is 90.9 Å². The van der Waals surface area contributed by atoms with E-state index in [4.69, 9.17) is 9.47 Å². The van der Waals surface area contributed by atoms with Crippen LogP contribution in [0.3, 0.4) is 0 Å². The van der Waals surface area contributed by atoms with Gasteiger partial charge in [-0.15, -0.1) is 0 Å². The summed E-state index contributed by atoms with van der Waals surface area (Å²) in [5.41, 5.74) is 2.96. The van der Waals surface area contributed by atoms with E-state index in [0.29, 0.717) is 60.5 Å². The second-order valence-corrected chi connectivity index (χ2v) is 14.3. The lowest BCUT2D eigenvalue weighted by Gasteiger charge is -2.40. The summed E-state index contributed by atoms with van der Waals surface area (Å²) >= 11 is 0. The first-order valence-corrected chi connectivity index (χ1v) is 18.3. The Morgan fingerprint density at radius 2 is 1.72 bits per heavy atom. The number of carbonyl (C=O) groups excluding carboxylic acids is 4. The average molecular weight is 726 g/mol. The number of piperidine rings is 1. The number of methoxy groups -OCH3 is 1. The number of amides is 4. The molecule has 4 aromatic rings. The molecule has 2 saturated heterocycles. The number of hydrogen-bond acceptors (Lipinski definition) is 6. The smallest absolute Gasteiger partial charge is 0.254 e. The van der Waals surface area contributed by atoms with Gasteiger partial charge in [-0.1, -0.05) is 30.3 Å². The summed E-state index contributed by atoms with van der Waals surface area (Å²) in [6, 6.07) is 18.7. The van der Waals surface area contributed by atoms with E-state index in [9.17, 15) is 23.6 Å². The van der Waals surface area contributed by atoms with Gasteiger partial charge in [0.05, 0.1) is 25.6 Å². The summed E-state index contributed by atoms with van der Waals surface area (Å²) < 4.78 is 25.5. The zero-order valence-corrected chi connectivity index (χ0v) is 30.7. The number of likely N-dealkylation sites (tertiary alicyclic amines) is 2. The van der Waals surface area contributed by atoms with E-state index in [-0.39, 0.29) is 54.5 Å². The number of likely N-dealkylation sites (N-methyl/N-ethyl adjacent to an activating group) is 1. The van der Waals surface area contributed by atoms with Crippen molar-refractivity contribution < 1.29 is 33.0 Å². The highest BCUT2D eigenvalue weighted by molar-refractivity contribution is 5.95. The van der Waals surface area contributed by atoms with Crippen molar-refractivity contribution in [1.82, 2.24) is 25.4 Å². The number of H-pyrrole nitrogens is 1. The molecule has 3 N–H and O–H groups in total. The second-order valence-electron chi connectivity index (χ2n) is 14.3. The molecule has 0 bridgehead atoms. The number of benzene rings is 3. The fraction of sp³-hybridized carbons (Fsp3) is 0.415. The number of halogens is 1. The van der Waals surface area contributed by atoms with Crippen molar-refractivity contribution in [2.45, 2.75) is 51.7 Å². The molecule has 4 amide bonds. The minimum Gasteiger partial charge on any atom is -0.493 e.